The lowest BCUT2D eigenvalue weighted by molar-refractivity contribution is -0.533. The molecule has 146 valence electrons. The van der Waals surface area contributed by atoms with Gasteiger partial charge in [-0.15, -0.1) is 0 Å². The first-order valence-corrected chi connectivity index (χ1v) is 9.79. The number of nitro groups is 1. The van der Waals surface area contributed by atoms with Crippen LogP contribution in [0.4, 0.5) is 0 Å². The van der Waals surface area contributed by atoms with Crippen molar-refractivity contribution in [3.63, 3.8) is 0 Å². The van der Waals surface area contributed by atoms with Crippen LogP contribution in [-0.2, 0) is 4.79 Å². The number of hydrogen-bond donors (Lipinski definition) is 0. The van der Waals surface area contributed by atoms with Crippen LogP contribution in [0, 0.1) is 15.5 Å². The quantitative estimate of drug-likeness (QED) is 0.434. The Bertz CT molecular complexity index is 905. The Morgan fingerprint density at radius 2 is 1.75 bits per heavy atom. The summed E-state index contributed by atoms with van der Waals surface area (Å²) in [6.45, 7) is 4.13. The summed E-state index contributed by atoms with van der Waals surface area (Å²) >= 11 is 6.19. The Hall–Kier alpha value is -2.46. The van der Waals surface area contributed by atoms with Gasteiger partial charge in [-0.05, 0) is 42.0 Å². The fourth-order valence-corrected chi connectivity index (χ4v) is 4.39. The van der Waals surface area contributed by atoms with Crippen LogP contribution in [0.25, 0.3) is 0 Å². The van der Waals surface area contributed by atoms with Gasteiger partial charge in [0.15, 0.2) is 5.78 Å². The zero-order valence-corrected chi connectivity index (χ0v) is 16.9. The number of carbonyl (C=O) groups excluding carboxylic acids is 1. The summed E-state index contributed by atoms with van der Waals surface area (Å²) in [5.74, 6) is -0.322. The molecule has 0 aliphatic heterocycles. The maximum Gasteiger partial charge on any atom is 0.245 e. The lowest BCUT2D eigenvalue weighted by Gasteiger charge is -2.31. The van der Waals surface area contributed by atoms with Gasteiger partial charge in [-0.25, -0.2) is 0 Å². The van der Waals surface area contributed by atoms with Crippen molar-refractivity contribution in [1.82, 2.24) is 0 Å². The van der Waals surface area contributed by atoms with Gasteiger partial charge in [0, 0.05) is 21.9 Å². The highest BCUT2D eigenvalue weighted by Gasteiger charge is 2.37. The number of allylic oxidation sites excluding steroid dienone is 2. The Morgan fingerprint density at radius 3 is 2.36 bits per heavy atom. The third kappa shape index (κ3) is 4.87. The standard InChI is InChI=1S/C23H24ClNO3/c1-23(2)14-16(11-20(26)15-23)12-21(18-9-6-10-19(24)13-18)22(25(27)28)17-7-4-3-5-8-17/h3-11,13,21-22H,12,14-15H2,1-2H3/t21-,22+/m1/s1. The van der Waals surface area contributed by atoms with Crippen molar-refractivity contribution >= 4 is 17.4 Å². The van der Waals surface area contributed by atoms with Gasteiger partial charge in [0.25, 0.3) is 0 Å². The summed E-state index contributed by atoms with van der Waals surface area (Å²) in [6.07, 6.45) is 3.41. The summed E-state index contributed by atoms with van der Waals surface area (Å²) in [4.78, 5) is 24.1. The molecular weight excluding hydrogens is 374 g/mol. The van der Waals surface area contributed by atoms with E-state index < -0.39 is 12.0 Å². The van der Waals surface area contributed by atoms with E-state index in [-0.39, 0.29) is 16.1 Å². The molecule has 0 saturated carbocycles. The fraction of sp³-hybridized carbons (Fsp3) is 0.348. The Kier molecular flexibility index (Phi) is 5.99. The van der Waals surface area contributed by atoms with Gasteiger partial charge >= 0.3 is 0 Å². The van der Waals surface area contributed by atoms with Gasteiger partial charge in [-0.1, -0.05) is 73.5 Å². The van der Waals surface area contributed by atoms with Crippen molar-refractivity contribution in [1.29, 1.82) is 0 Å². The molecule has 5 heteroatoms. The SMILES string of the molecule is CC1(C)CC(=O)C=C(C[C@H](c2cccc(Cl)c2)[C@H](c2ccccc2)[N+](=O)[O-])C1. The van der Waals surface area contributed by atoms with Crippen molar-refractivity contribution in [2.75, 3.05) is 0 Å². The minimum atomic E-state index is -0.916. The molecule has 0 amide bonds. The molecule has 1 aliphatic rings. The first-order chi connectivity index (χ1) is 13.2. The zero-order valence-electron chi connectivity index (χ0n) is 16.1. The molecule has 0 bridgehead atoms. The minimum absolute atomic E-state index is 0.0912. The number of hydrogen-bond acceptors (Lipinski definition) is 3. The second-order valence-corrected chi connectivity index (χ2v) is 8.73. The first-order valence-electron chi connectivity index (χ1n) is 9.41. The lowest BCUT2D eigenvalue weighted by Crippen LogP contribution is -2.25. The summed E-state index contributed by atoms with van der Waals surface area (Å²) in [5.41, 5.74) is 2.31. The number of rotatable bonds is 6. The van der Waals surface area contributed by atoms with E-state index in [2.05, 4.69) is 13.8 Å². The molecule has 2 aromatic carbocycles. The van der Waals surface area contributed by atoms with Gasteiger partial charge in [-0.3, -0.25) is 14.9 Å². The number of nitrogens with zero attached hydrogens (tertiary/aromatic N) is 1. The second kappa shape index (κ2) is 8.27. The highest BCUT2D eigenvalue weighted by atomic mass is 35.5. The molecule has 3 rings (SSSR count). The predicted molar refractivity (Wildman–Crippen MR) is 111 cm³/mol. The Labute approximate surface area is 170 Å². The van der Waals surface area contributed by atoms with Gasteiger partial charge in [0.2, 0.25) is 6.04 Å². The molecule has 0 unspecified atom stereocenters. The normalized spacial score (nSPS) is 18.2. The Balaban J connectivity index is 2.05. The van der Waals surface area contributed by atoms with Crippen LogP contribution in [0.3, 0.4) is 0 Å². The van der Waals surface area contributed by atoms with E-state index in [1.54, 1.807) is 30.3 Å². The average molecular weight is 398 g/mol. The Morgan fingerprint density at radius 1 is 1.07 bits per heavy atom. The molecule has 0 N–H and O–H groups in total. The molecule has 0 saturated heterocycles. The van der Waals surface area contributed by atoms with Crippen molar-refractivity contribution in [3.05, 3.63) is 92.5 Å². The van der Waals surface area contributed by atoms with Crippen molar-refractivity contribution < 1.29 is 9.72 Å². The topological polar surface area (TPSA) is 60.2 Å². The van der Waals surface area contributed by atoms with E-state index in [9.17, 15) is 14.9 Å². The summed E-state index contributed by atoms with van der Waals surface area (Å²) in [5, 5.41) is 12.7. The van der Waals surface area contributed by atoms with E-state index >= 15 is 0 Å². The summed E-state index contributed by atoms with van der Waals surface area (Å²) in [7, 11) is 0. The zero-order chi connectivity index (χ0) is 20.3. The maximum atomic E-state index is 12.2. The summed E-state index contributed by atoms with van der Waals surface area (Å²) < 4.78 is 0. The molecule has 0 radical (unpaired) electrons. The monoisotopic (exact) mass is 397 g/mol. The number of ketones is 1. The van der Waals surface area contributed by atoms with Crippen molar-refractivity contribution in [3.8, 4) is 0 Å². The molecule has 0 spiro atoms. The van der Waals surface area contributed by atoms with Crippen LogP contribution in [-0.4, -0.2) is 10.7 Å². The number of carbonyl (C=O) groups is 1. The number of halogens is 1. The van der Waals surface area contributed by atoms with Crippen LogP contribution in [0.1, 0.15) is 56.2 Å². The largest absolute Gasteiger partial charge is 0.295 e. The van der Waals surface area contributed by atoms with Gasteiger partial charge in [0.05, 0.1) is 5.92 Å². The van der Waals surface area contributed by atoms with E-state index in [0.717, 1.165) is 17.6 Å². The maximum absolute atomic E-state index is 12.2. The third-order valence-corrected chi connectivity index (χ3v) is 5.47. The molecule has 1 aliphatic carbocycles. The van der Waals surface area contributed by atoms with Crippen molar-refractivity contribution in [2.45, 2.75) is 45.1 Å². The van der Waals surface area contributed by atoms with E-state index in [1.165, 1.54) is 0 Å². The van der Waals surface area contributed by atoms with Gasteiger partial charge in [0.1, 0.15) is 0 Å². The van der Waals surface area contributed by atoms with Crippen LogP contribution >= 0.6 is 11.6 Å². The highest BCUT2D eigenvalue weighted by Crippen LogP contribution is 2.43. The number of benzene rings is 2. The van der Waals surface area contributed by atoms with Crippen LogP contribution in [0.2, 0.25) is 5.02 Å². The molecule has 0 aromatic heterocycles. The fourth-order valence-electron chi connectivity index (χ4n) is 4.19. The average Bonchev–Trinajstić information content (AvgIpc) is 2.60. The first kappa shape index (κ1) is 20.3. The molecule has 2 atom stereocenters. The van der Waals surface area contributed by atoms with E-state index in [0.29, 0.717) is 23.4 Å². The molecule has 0 fully saturated rings. The molecular formula is C23H24ClNO3. The van der Waals surface area contributed by atoms with Gasteiger partial charge in [-0.2, -0.15) is 0 Å². The molecule has 0 heterocycles. The predicted octanol–water partition coefficient (Wildman–Crippen LogP) is 6.15. The second-order valence-electron chi connectivity index (χ2n) is 8.29. The summed E-state index contributed by atoms with van der Waals surface area (Å²) in [6, 6.07) is 15.4. The lowest BCUT2D eigenvalue weighted by atomic mass is 9.73. The molecule has 2 aromatic rings. The van der Waals surface area contributed by atoms with Crippen LogP contribution < -0.4 is 0 Å². The smallest absolute Gasteiger partial charge is 0.245 e. The minimum Gasteiger partial charge on any atom is -0.295 e. The van der Waals surface area contributed by atoms with E-state index in [1.807, 2.05) is 30.3 Å². The van der Waals surface area contributed by atoms with Crippen LogP contribution in [0.15, 0.2) is 66.2 Å². The van der Waals surface area contributed by atoms with Crippen molar-refractivity contribution in [2.24, 2.45) is 5.41 Å². The highest BCUT2D eigenvalue weighted by molar-refractivity contribution is 6.30. The molecule has 28 heavy (non-hydrogen) atoms. The van der Waals surface area contributed by atoms with E-state index in [4.69, 9.17) is 11.6 Å². The van der Waals surface area contributed by atoms with Gasteiger partial charge < -0.3 is 0 Å². The molecule has 4 nitrogen and oxygen atoms in total. The third-order valence-electron chi connectivity index (χ3n) is 5.23. The van der Waals surface area contributed by atoms with Crippen LogP contribution in [0.5, 0.6) is 0 Å².